The van der Waals surface area contributed by atoms with Crippen molar-refractivity contribution in [3.63, 3.8) is 0 Å². The first kappa shape index (κ1) is 37.4. The molecule has 12 aromatic rings. The van der Waals surface area contributed by atoms with Crippen LogP contribution in [0.25, 0.3) is 111 Å². The molecule has 0 saturated heterocycles. The van der Waals surface area contributed by atoms with Gasteiger partial charge in [-0.15, -0.1) is 0 Å². The molecule has 0 fully saturated rings. The van der Waals surface area contributed by atoms with Crippen LogP contribution in [0.2, 0.25) is 0 Å². The van der Waals surface area contributed by atoms with Gasteiger partial charge in [-0.1, -0.05) is 159 Å². The van der Waals surface area contributed by atoms with E-state index in [0.29, 0.717) is 0 Å². The van der Waals surface area contributed by atoms with Gasteiger partial charge in [-0.05, 0) is 152 Å². The van der Waals surface area contributed by atoms with E-state index in [1.54, 1.807) is 0 Å². The van der Waals surface area contributed by atoms with Crippen molar-refractivity contribution in [3.05, 3.63) is 242 Å². The number of hydrogen-bond acceptors (Lipinski definition) is 0. The van der Waals surface area contributed by atoms with Gasteiger partial charge in [-0.3, -0.25) is 0 Å². The molecule has 306 valence electrons. The minimum absolute atomic E-state index is 0.130. The predicted molar refractivity (Wildman–Crippen MR) is 274 cm³/mol. The van der Waals surface area contributed by atoms with Gasteiger partial charge in [0.25, 0.3) is 0 Å². The maximum absolute atomic E-state index is 2.51. The van der Waals surface area contributed by atoms with Crippen molar-refractivity contribution in [2.75, 3.05) is 0 Å². The molecular weight excluding hydrogens is 785 g/mol. The van der Waals surface area contributed by atoms with Gasteiger partial charge in [-0.2, -0.15) is 0 Å². The van der Waals surface area contributed by atoms with E-state index in [-0.39, 0.29) is 5.41 Å². The summed E-state index contributed by atoms with van der Waals surface area (Å²) in [5.41, 5.74) is 22.1. The lowest BCUT2D eigenvalue weighted by Gasteiger charge is -2.21. The van der Waals surface area contributed by atoms with Crippen molar-refractivity contribution >= 4 is 43.6 Å². The van der Waals surface area contributed by atoms with Crippen LogP contribution in [0.15, 0.2) is 231 Å². The topological polar surface area (TPSA) is 9.86 Å². The summed E-state index contributed by atoms with van der Waals surface area (Å²) in [5, 5.41) is 5.02. The first-order valence-corrected chi connectivity index (χ1v) is 22.7. The van der Waals surface area contributed by atoms with Crippen LogP contribution in [0.3, 0.4) is 0 Å². The Morgan fingerprint density at radius 2 is 0.738 bits per heavy atom. The number of hydrogen-bond donors (Lipinski definition) is 0. The van der Waals surface area contributed by atoms with Crippen molar-refractivity contribution in [1.82, 2.24) is 9.13 Å². The van der Waals surface area contributed by atoms with Gasteiger partial charge in [0.05, 0.1) is 22.1 Å². The summed E-state index contributed by atoms with van der Waals surface area (Å²) in [4.78, 5) is 0. The molecule has 0 saturated carbocycles. The van der Waals surface area contributed by atoms with Crippen LogP contribution in [0.1, 0.15) is 25.0 Å². The third-order valence-corrected chi connectivity index (χ3v) is 14.1. The zero-order valence-corrected chi connectivity index (χ0v) is 36.3. The zero-order valence-electron chi connectivity index (χ0n) is 36.3. The monoisotopic (exact) mass is 828 g/mol. The van der Waals surface area contributed by atoms with Crippen LogP contribution in [0.5, 0.6) is 0 Å². The molecule has 2 aromatic heterocycles. The van der Waals surface area contributed by atoms with Crippen molar-refractivity contribution < 1.29 is 0 Å². The third kappa shape index (κ3) is 5.88. The van der Waals surface area contributed by atoms with Gasteiger partial charge < -0.3 is 9.13 Å². The number of rotatable bonds is 6. The Morgan fingerprint density at radius 1 is 0.262 bits per heavy atom. The average molecular weight is 829 g/mol. The number of benzene rings is 10. The van der Waals surface area contributed by atoms with Crippen molar-refractivity contribution in [1.29, 1.82) is 0 Å². The Morgan fingerprint density at radius 3 is 1.42 bits per heavy atom. The summed E-state index contributed by atoms with van der Waals surface area (Å²) in [6.07, 6.45) is 0. The summed E-state index contributed by atoms with van der Waals surface area (Å²) in [6.45, 7) is 4.76. The molecule has 0 aliphatic heterocycles. The standard InChI is InChI=1S/C63H44N2/c1-63(2)57-27-14-12-25-51(57)53-39-56-55-38-45(44-29-31-60-54(37-44)52-26-13-15-28-59(52)64(60)49-22-10-5-11-23-49)30-32-61(55)65(62(56)40-58(53)63)50-24-16-21-43(36-50)48-34-46(41-17-6-3-7-18-41)33-47(35-48)42-19-8-4-9-20-42/h3-40H,1-2H3. The molecule has 2 heteroatoms. The molecule has 0 amide bonds. The van der Waals surface area contributed by atoms with E-state index >= 15 is 0 Å². The molecule has 0 N–H and O–H groups in total. The summed E-state index contributed by atoms with van der Waals surface area (Å²) < 4.78 is 4.90. The fourth-order valence-corrected chi connectivity index (χ4v) is 10.9. The lowest BCUT2D eigenvalue weighted by Crippen LogP contribution is -2.14. The first-order valence-electron chi connectivity index (χ1n) is 22.7. The molecule has 0 spiro atoms. The second-order valence-corrected chi connectivity index (χ2v) is 18.2. The minimum Gasteiger partial charge on any atom is -0.309 e. The summed E-state index contributed by atoms with van der Waals surface area (Å²) in [5.74, 6) is 0. The molecule has 1 aliphatic rings. The molecule has 10 aromatic carbocycles. The SMILES string of the molecule is CC1(C)c2ccccc2-c2cc3c4cc(-c5ccc6c(c5)c5ccccc5n6-c5ccccc5)ccc4n(-c4cccc(-c5cc(-c6ccccc6)cc(-c6ccccc6)c5)c4)c3cc21. The summed E-state index contributed by atoms with van der Waals surface area (Å²) in [7, 11) is 0. The molecule has 2 nitrogen and oxygen atoms in total. The molecule has 65 heavy (non-hydrogen) atoms. The first-order chi connectivity index (χ1) is 32.0. The lowest BCUT2D eigenvalue weighted by molar-refractivity contribution is 0.661. The van der Waals surface area contributed by atoms with Gasteiger partial charge in [0.15, 0.2) is 0 Å². The normalized spacial score (nSPS) is 12.9. The summed E-state index contributed by atoms with van der Waals surface area (Å²) in [6, 6.07) is 85.2. The van der Waals surface area contributed by atoms with E-state index in [1.165, 1.54) is 116 Å². The number of para-hydroxylation sites is 2. The van der Waals surface area contributed by atoms with Gasteiger partial charge in [0.2, 0.25) is 0 Å². The smallest absolute Gasteiger partial charge is 0.0544 e. The van der Waals surface area contributed by atoms with E-state index in [1.807, 2.05) is 0 Å². The lowest BCUT2D eigenvalue weighted by atomic mass is 9.82. The highest BCUT2D eigenvalue weighted by molar-refractivity contribution is 6.14. The zero-order chi connectivity index (χ0) is 43.2. The molecule has 13 rings (SSSR count). The summed E-state index contributed by atoms with van der Waals surface area (Å²) >= 11 is 0. The van der Waals surface area contributed by atoms with Crippen LogP contribution < -0.4 is 0 Å². The van der Waals surface area contributed by atoms with Crippen LogP contribution in [0.4, 0.5) is 0 Å². The van der Waals surface area contributed by atoms with E-state index in [4.69, 9.17) is 0 Å². The molecule has 0 bridgehead atoms. The number of nitrogens with zero attached hydrogens (tertiary/aromatic N) is 2. The Hall–Kier alpha value is -8.20. The van der Waals surface area contributed by atoms with Crippen molar-refractivity contribution in [3.8, 4) is 67.0 Å². The fraction of sp³-hybridized carbons (Fsp3) is 0.0476. The van der Waals surface area contributed by atoms with E-state index in [2.05, 4.69) is 254 Å². The average Bonchev–Trinajstić information content (AvgIpc) is 3.96. The van der Waals surface area contributed by atoms with Gasteiger partial charge in [0.1, 0.15) is 0 Å². The number of aromatic nitrogens is 2. The second-order valence-electron chi connectivity index (χ2n) is 18.2. The molecular formula is C63H44N2. The Labute approximate surface area is 378 Å². The maximum Gasteiger partial charge on any atom is 0.0544 e. The van der Waals surface area contributed by atoms with Crippen molar-refractivity contribution in [2.45, 2.75) is 19.3 Å². The Balaban J connectivity index is 1.02. The highest BCUT2D eigenvalue weighted by Crippen LogP contribution is 2.51. The quantitative estimate of drug-likeness (QED) is 0.158. The molecule has 0 radical (unpaired) electrons. The van der Waals surface area contributed by atoms with E-state index < -0.39 is 0 Å². The second kappa shape index (κ2) is 14.4. The van der Waals surface area contributed by atoms with Crippen LogP contribution in [-0.2, 0) is 5.41 Å². The van der Waals surface area contributed by atoms with Crippen LogP contribution >= 0.6 is 0 Å². The molecule has 2 heterocycles. The van der Waals surface area contributed by atoms with Crippen molar-refractivity contribution in [2.24, 2.45) is 0 Å². The van der Waals surface area contributed by atoms with Gasteiger partial charge in [0, 0.05) is 38.3 Å². The maximum atomic E-state index is 2.51. The van der Waals surface area contributed by atoms with Crippen LogP contribution in [0, 0.1) is 0 Å². The fourth-order valence-electron chi connectivity index (χ4n) is 10.9. The predicted octanol–water partition coefficient (Wildman–Crippen LogP) is 16.9. The minimum atomic E-state index is -0.130. The Kier molecular flexibility index (Phi) is 8.29. The largest absolute Gasteiger partial charge is 0.309 e. The van der Waals surface area contributed by atoms with E-state index in [9.17, 15) is 0 Å². The van der Waals surface area contributed by atoms with E-state index in [0.717, 1.165) is 5.69 Å². The third-order valence-electron chi connectivity index (χ3n) is 14.1. The molecule has 1 aliphatic carbocycles. The van der Waals surface area contributed by atoms with Gasteiger partial charge >= 0.3 is 0 Å². The number of fused-ring (bicyclic) bond motifs is 9. The van der Waals surface area contributed by atoms with Gasteiger partial charge in [-0.25, -0.2) is 0 Å². The highest BCUT2D eigenvalue weighted by atomic mass is 15.0. The molecule has 0 unspecified atom stereocenters. The highest BCUT2D eigenvalue weighted by Gasteiger charge is 2.36. The molecule has 0 atom stereocenters. The van der Waals surface area contributed by atoms with Crippen LogP contribution in [-0.4, -0.2) is 9.13 Å². The Bertz CT molecular complexity index is 3770.